The second kappa shape index (κ2) is 8.60. The van der Waals surface area contributed by atoms with Gasteiger partial charge in [-0.2, -0.15) is 5.10 Å². The van der Waals surface area contributed by atoms with Gasteiger partial charge in [0.1, 0.15) is 18.2 Å². The number of methoxy groups -OCH3 is 1. The Morgan fingerprint density at radius 2 is 2.14 bits per heavy atom. The van der Waals surface area contributed by atoms with Crippen molar-refractivity contribution in [3.05, 3.63) is 41.5 Å². The Bertz CT molecular complexity index is 818. The highest BCUT2D eigenvalue weighted by Crippen LogP contribution is 2.30. The zero-order chi connectivity index (χ0) is 19.3. The van der Waals surface area contributed by atoms with Gasteiger partial charge in [0, 0.05) is 25.6 Å². The number of fused-ring (bicyclic) bond motifs is 1. The van der Waals surface area contributed by atoms with Gasteiger partial charge in [0.15, 0.2) is 5.82 Å². The van der Waals surface area contributed by atoms with Crippen LogP contribution in [0.2, 0.25) is 0 Å². The summed E-state index contributed by atoms with van der Waals surface area (Å²) < 4.78 is 12.9. The van der Waals surface area contributed by atoms with Crippen LogP contribution >= 0.6 is 0 Å². The quantitative estimate of drug-likeness (QED) is 0.726. The second-order valence-electron chi connectivity index (χ2n) is 7.48. The average molecular weight is 385 g/mol. The number of urea groups is 1. The fraction of sp³-hybridized carbons (Fsp3) is 0.550. The molecule has 8 nitrogen and oxygen atoms in total. The van der Waals surface area contributed by atoms with Crippen molar-refractivity contribution >= 4 is 6.03 Å². The van der Waals surface area contributed by atoms with Crippen molar-refractivity contribution < 1.29 is 14.3 Å². The normalized spacial score (nSPS) is 18.4. The zero-order valence-corrected chi connectivity index (χ0v) is 16.2. The Labute approximate surface area is 164 Å². The Hall–Kier alpha value is -2.61. The molecule has 2 N–H and O–H groups in total. The summed E-state index contributed by atoms with van der Waals surface area (Å²) in [5.74, 6) is 3.18. The van der Waals surface area contributed by atoms with Crippen LogP contribution in [0.1, 0.15) is 36.5 Å². The molecule has 2 aliphatic rings. The molecule has 1 saturated carbocycles. The number of carbonyl (C=O) groups excluding carboxylic acids is 1. The van der Waals surface area contributed by atoms with Gasteiger partial charge in [-0.05, 0) is 31.2 Å². The molecule has 0 bridgehead atoms. The van der Waals surface area contributed by atoms with Gasteiger partial charge in [-0.15, -0.1) is 0 Å². The smallest absolute Gasteiger partial charge is 0.315 e. The predicted octanol–water partition coefficient (Wildman–Crippen LogP) is 2.03. The minimum Gasteiger partial charge on any atom is -0.493 e. The topological polar surface area (TPSA) is 90.3 Å². The van der Waals surface area contributed by atoms with E-state index in [2.05, 4.69) is 20.7 Å². The molecule has 1 atom stereocenters. The molecular formula is C20H27N5O3. The largest absolute Gasteiger partial charge is 0.493 e. The summed E-state index contributed by atoms with van der Waals surface area (Å²) in [6.45, 7) is 2.23. The lowest BCUT2D eigenvalue weighted by Gasteiger charge is -2.23. The molecule has 150 valence electrons. The van der Waals surface area contributed by atoms with Crippen LogP contribution in [0.25, 0.3) is 0 Å². The molecular weight excluding hydrogens is 358 g/mol. The molecule has 1 unspecified atom stereocenters. The first kappa shape index (κ1) is 18.7. The molecule has 2 amide bonds. The lowest BCUT2D eigenvalue weighted by atomic mass is 10.1. The zero-order valence-electron chi connectivity index (χ0n) is 16.2. The molecule has 0 radical (unpaired) electrons. The number of aryl methyl sites for hydroxylation is 1. The average Bonchev–Trinajstić information content (AvgIpc) is 3.44. The lowest BCUT2D eigenvalue weighted by molar-refractivity contribution is 0.177. The number of hydrogen-bond acceptors (Lipinski definition) is 5. The predicted molar refractivity (Wildman–Crippen MR) is 103 cm³/mol. The maximum Gasteiger partial charge on any atom is 0.315 e. The number of amides is 2. The summed E-state index contributed by atoms with van der Waals surface area (Å²) in [5, 5.41) is 10.4. The summed E-state index contributed by atoms with van der Waals surface area (Å²) in [4.78, 5) is 16.8. The van der Waals surface area contributed by atoms with Gasteiger partial charge >= 0.3 is 6.03 Å². The monoisotopic (exact) mass is 385 g/mol. The Morgan fingerprint density at radius 3 is 2.96 bits per heavy atom. The minimum atomic E-state index is -0.178. The SMILES string of the molecule is COCc1nc2n(n1)CC(NC(=O)NCc1ccccc1OCC1CC1)CC2. The fourth-order valence-electron chi connectivity index (χ4n) is 3.36. The van der Waals surface area contributed by atoms with E-state index < -0.39 is 0 Å². The lowest BCUT2D eigenvalue weighted by Crippen LogP contribution is -2.45. The van der Waals surface area contributed by atoms with Gasteiger partial charge in [0.25, 0.3) is 0 Å². The van der Waals surface area contributed by atoms with Gasteiger partial charge in [0.05, 0.1) is 19.2 Å². The Balaban J connectivity index is 1.27. The van der Waals surface area contributed by atoms with Crippen molar-refractivity contribution in [3.8, 4) is 5.75 Å². The van der Waals surface area contributed by atoms with Crippen LogP contribution in [0.4, 0.5) is 4.79 Å². The Morgan fingerprint density at radius 1 is 1.29 bits per heavy atom. The number of benzene rings is 1. The van der Waals surface area contributed by atoms with Crippen molar-refractivity contribution in [2.45, 2.75) is 51.4 Å². The summed E-state index contributed by atoms with van der Waals surface area (Å²) in [7, 11) is 1.63. The summed E-state index contributed by atoms with van der Waals surface area (Å²) in [5.41, 5.74) is 0.990. The van der Waals surface area contributed by atoms with E-state index in [1.807, 2.05) is 28.9 Å². The fourth-order valence-corrected chi connectivity index (χ4v) is 3.36. The first-order valence-electron chi connectivity index (χ1n) is 9.88. The first-order valence-corrected chi connectivity index (χ1v) is 9.88. The molecule has 4 rings (SSSR count). The second-order valence-corrected chi connectivity index (χ2v) is 7.48. The van der Waals surface area contributed by atoms with E-state index in [-0.39, 0.29) is 12.1 Å². The molecule has 1 aromatic heterocycles. The highest BCUT2D eigenvalue weighted by Gasteiger charge is 2.24. The third-order valence-electron chi connectivity index (χ3n) is 5.09. The summed E-state index contributed by atoms with van der Waals surface area (Å²) in [6.07, 6.45) is 4.15. The molecule has 0 saturated heterocycles. The maximum atomic E-state index is 12.4. The van der Waals surface area contributed by atoms with Gasteiger partial charge < -0.3 is 20.1 Å². The molecule has 2 heterocycles. The van der Waals surface area contributed by atoms with E-state index in [1.54, 1.807) is 7.11 Å². The van der Waals surface area contributed by atoms with Crippen molar-refractivity contribution in [1.82, 2.24) is 25.4 Å². The number of hydrogen-bond donors (Lipinski definition) is 2. The molecule has 28 heavy (non-hydrogen) atoms. The first-order chi connectivity index (χ1) is 13.7. The van der Waals surface area contributed by atoms with E-state index in [9.17, 15) is 4.79 Å². The number of nitrogens with one attached hydrogen (secondary N) is 2. The highest BCUT2D eigenvalue weighted by atomic mass is 16.5. The van der Waals surface area contributed by atoms with Crippen LogP contribution in [-0.2, 0) is 30.9 Å². The van der Waals surface area contributed by atoms with Crippen molar-refractivity contribution in [1.29, 1.82) is 0 Å². The van der Waals surface area contributed by atoms with Crippen LogP contribution in [0, 0.1) is 5.92 Å². The molecule has 1 aromatic carbocycles. The van der Waals surface area contributed by atoms with Crippen LogP contribution in [-0.4, -0.2) is 40.6 Å². The number of carbonyl (C=O) groups is 1. The van der Waals surface area contributed by atoms with E-state index in [0.717, 1.165) is 36.6 Å². The van der Waals surface area contributed by atoms with Crippen LogP contribution in [0.5, 0.6) is 5.75 Å². The number of ether oxygens (including phenoxy) is 2. The van der Waals surface area contributed by atoms with Crippen molar-refractivity contribution in [2.75, 3.05) is 13.7 Å². The van der Waals surface area contributed by atoms with E-state index >= 15 is 0 Å². The summed E-state index contributed by atoms with van der Waals surface area (Å²) in [6, 6.07) is 7.73. The third kappa shape index (κ3) is 4.81. The molecule has 1 aliphatic carbocycles. The highest BCUT2D eigenvalue weighted by molar-refractivity contribution is 5.74. The number of aromatic nitrogens is 3. The van der Waals surface area contributed by atoms with E-state index in [1.165, 1.54) is 12.8 Å². The molecule has 1 fully saturated rings. The van der Waals surface area contributed by atoms with Crippen LogP contribution < -0.4 is 15.4 Å². The summed E-state index contributed by atoms with van der Waals surface area (Å²) >= 11 is 0. The minimum absolute atomic E-state index is 0.0333. The van der Waals surface area contributed by atoms with Crippen molar-refractivity contribution in [3.63, 3.8) is 0 Å². The number of nitrogens with zero attached hydrogens (tertiary/aromatic N) is 3. The Kier molecular flexibility index (Phi) is 5.76. The molecule has 8 heteroatoms. The van der Waals surface area contributed by atoms with Gasteiger partial charge in [0.2, 0.25) is 0 Å². The van der Waals surface area contributed by atoms with E-state index in [4.69, 9.17) is 9.47 Å². The van der Waals surface area contributed by atoms with Gasteiger partial charge in [-0.25, -0.2) is 14.5 Å². The van der Waals surface area contributed by atoms with Crippen LogP contribution in [0.15, 0.2) is 24.3 Å². The number of rotatable bonds is 8. The molecule has 1 aliphatic heterocycles. The number of para-hydroxylation sites is 1. The van der Waals surface area contributed by atoms with Crippen molar-refractivity contribution in [2.24, 2.45) is 5.92 Å². The van der Waals surface area contributed by atoms with Gasteiger partial charge in [-0.3, -0.25) is 0 Å². The third-order valence-corrected chi connectivity index (χ3v) is 5.09. The standard InChI is InChI=1S/C20H27N5O3/c1-27-13-18-23-19-9-8-16(11-25(19)24-18)22-20(26)21-10-15-4-2-3-5-17(15)28-12-14-6-7-14/h2-5,14,16H,6-13H2,1H3,(H2,21,22,26). The molecule has 0 spiro atoms. The maximum absolute atomic E-state index is 12.4. The van der Waals surface area contributed by atoms with E-state index in [0.29, 0.717) is 31.4 Å². The molecule has 2 aromatic rings. The van der Waals surface area contributed by atoms with Gasteiger partial charge in [-0.1, -0.05) is 18.2 Å². The van der Waals surface area contributed by atoms with Crippen LogP contribution in [0.3, 0.4) is 0 Å².